The molecule has 4 heterocycles. The van der Waals surface area contributed by atoms with Crippen molar-refractivity contribution in [2.75, 3.05) is 44.7 Å². The summed E-state index contributed by atoms with van der Waals surface area (Å²) in [5.74, 6) is 2.66. The van der Waals surface area contributed by atoms with Gasteiger partial charge in [0.15, 0.2) is 28.5 Å². The molecule has 0 aliphatic carbocycles. The molecular formula is C23H26N6O4S. The summed E-state index contributed by atoms with van der Waals surface area (Å²) in [4.78, 5) is 16.4. The standard InChI is InChI=1S/C23H26N6O4S/c1-31-17-9-14(10-18(32-2)20(17)33-3)25-21-19-22(29(13-24-19)16-6-8-34-12-16)27-23(26-21)28-7-4-5-15(28)11-30/h6,8-10,12-13,15,30H,4-5,7,11H2,1-3H3,(H,25,26,27). The van der Waals surface area contributed by atoms with Gasteiger partial charge in [0.2, 0.25) is 11.7 Å². The Hall–Kier alpha value is -3.57. The average Bonchev–Trinajstić information content (AvgIpc) is 3.63. The van der Waals surface area contributed by atoms with Gasteiger partial charge in [-0.15, -0.1) is 0 Å². The molecule has 178 valence electrons. The Labute approximate surface area is 200 Å². The quantitative estimate of drug-likeness (QED) is 0.389. The number of thiophene rings is 1. The van der Waals surface area contributed by atoms with Crippen LogP contribution in [0.2, 0.25) is 0 Å². The van der Waals surface area contributed by atoms with Crippen LogP contribution in [0.1, 0.15) is 12.8 Å². The zero-order valence-electron chi connectivity index (χ0n) is 19.2. The topological polar surface area (TPSA) is 107 Å². The number of methoxy groups -OCH3 is 3. The first-order valence-corrected chi connectivity index (χ1v) is 11.8. The van der Waals surface area contributed by atoms with Crippen molar-refractivity contribution < 1.29 is 19.3 Å². The number of benzene rings is 1. The van der Waals surface area contributed by atoms with Gasteiger partial charge < -0.3 is 29.5 Å². The molecule has 0 amide bonds. The molecule has 11 heteroatoms. The van der Waals surface area contributed by atoms with E-state index in [1.165, 1.54) is 0 Å². The molecule has 0 spiro atoms. The van der Waals surface area contributed by atoms with E-state index in [1.807, 2.05) is 33.5 Å². The zero-order chi connectivity index (χ0) is 23.7. The Bertz CT molecular complexity index is 1270. The lowest BCUT2D eigenvalue weighted by molar-refractivity contribution is 0.265. The van der Waals surface area contributed by atoms with Crippen LogP contribution in [-0.2, 0) is 0 Å². The van der Waals surface area contributed by atoms with Crippen LogP contribution in [0.4, 0.5) is 17.5 Å². The third-order valence-corrected chi connectivity index (χ3v) is 6.61. The number of ether oxygens (including phenoxy) is 3. The number of aromatic nitrogens is 4. The first-order chi connectivity index (χ1) is 16.7. The minimum absolute atomic E-state index is 0.0102. The van der Waals surface area contributed by atoms with Crippen LogP contribution in [0.3, 0.4) is 0 Å². The van der Waals surface area contributed by atoms with Crippen LogP contribution in [-0.4, -0.2) is 65.1 Å². The summed E-state index contributed by atoms with van der Waals surface area (Å²) in [6.45, 7) is 0.841. The van der Waals surface area contributed by atoms with Gasteiger partial charge in [-0.25, -0.2) is 4.98 Å². The molecule has 1 unspecified atom stereocenters. The predicted molar refractivity (Wildman–Crippen MR) is 131 cm³/mol. The molecule has 1 aliphatic heterocycles. The van der Waals surface area contributed by atoms with E-state index < -0.39 is 0 Å². The van der Waals surface area contributed by atoms with Gasteiger partial charge in [0.25, 0.3) is 0 Å². The molecule has 3 aromatic heterocycles. The molecular weight excluding hydrogens is 456 g/mol. The summed E-state index contributed by atoms with van der Waals surface area (Å²) in [5.41, 5.74) is 2.99. The van der Waals surface area contributed by atoms with Gasteiger partial charge in [0, 0.05) is 29.7 Å². The molecule has 0 saturated carbocycles. The summed E-state index contributed by atoms with van der Waals surface area (Å²) in [6.07, 6.45) is 3.63. The summed E-state index contributed by atoms with van der Waals surface area (Å²) >= 11 is 1.61. The third kappa shape index (κ3) is 3.86. The van der Waals surface area contributed by atoms with E-state index in [-0.39, 0.29) is 12.6 Å². The van der Waals surface area contributed by atoms with E-state index in [4.69, 9.17) is 24.2 Å². The number of hydrogen-bond donors (Lipinski definition) is 2. The number of anilines is 3. The summed E-state index contributed by atoms with van der Waals surface area (Å²) in [7, 11) is 4.72. The van der Waals surface area contributed by atoms with Gasteiger partial charge in [-0.2, -0.15) is 21.3 Å². The molecule has 34 heavy (non-hydrogen) atoms. The van der Waals surface area contributed by atoms with Crippen LogP contribution in [0.5, 0.6) is 17.2 Å². The molecule has 10 nitrogen and oxygen atoms in total. The van der Waals surface area contributed by atoms with Crippen LogP contribution in [0, 0.1) is 0 Å². The van der Waals surface area contributed by atoms with E-state index in [2.05, 4.69) is 15.2 Å². The fourth-order valence-corrected chi connectivity index (χ4v) is 4.89. The summed E-state index contributed by atoms with van der Waals surface area (Å²) in [6, 6.07) is 5.64. The highest BCUT2D eigenvalue weighted by atomic mass is 32.1. The van der Waals surface area contributed by atoms with Gasteiger partial charge in [0.05, 0.1) is 39.7 Å². The first-order valence-electron chi connectivity index (χ1n) is 10.9. The van der Waals surface area contributed by atoms with Crippen molar-refractivity contribution in [3.8, 4) is 22.9 Å². The monoisotopic (exact) mass is 482 g/mol. The lowest BCUT2D eigenvalue weighted by atomic mass is 10.2. The molecule has 1 aliphatic rings. The highest BCUT2D eigenvalue weighted by Crippen LogP contribution is 2.41. The molecule has 0 radical (unpaired) electrons. The second-order valence-electron chi connectivity index (χ2n) is 7.85. The smallest absolute Gasteiger partial charge is 0.229 e. The Morgan fingerprint density at radius 1 is 1.15 bits per heavy atom. The largest absolute Gasteiger partial charge is 0.493 e. The van der Waals surface area contributed by atoms with Crippen LogP contribution in [0.25, 0.3) is 16.9 Å². The fraction of sp³-hybridized carbons (Fsp3) is 0.348. The van der Waals surface area contributed by atoms with Gasteiger partial charge in [-0.05, 0) is 24.3 Å². The van der Waals surface area contributed by atoms with Crippen molar-refractivity contribution >= 4 is 40.0 Å². The minimum atomic E-state index is -0.0102. The van der Waals surface area contributed by atoms with Crippen molar-refractivity contribution in [3.05, 3.63) is 35.3 Å². The molecule has 1 fully saturated rings. The average molecular weight is 483 g/mol. The highest BCUT2D eigenvalue weighted by Gasteiger charge is 2.28. The third-order valence-electron chi connectivity index (χ3n) is 5.94. The lowest BCUT2D eigenvalue weighted by Crippen LogP contribution is -2.33. The number of nitrogens with one attached hydrogen (secondary N) is 1. The second kappa shape index (κ2) is 9.35. The number of aliphatic hydroxyl groups is 1. The van der Waals surface area contributed by atoms with Crippen molar-refractivity contribution in [1.29, 1.82) is 0 Å². The van der Waals surface area contributed by atoms with Crippen LogP contribution in [0.15, 0.2) is 35.3 Å². The number of hydrogen-bond acceptors (Lipinski definition) is 10. The molecule has 0 bridgehead atoms. The second-order valence-corrected chi connectivity index (χ2v) is 8.63. The van der Waals surface area contributed by atoms with Crippen LogP contribution >= 0.6 is 11.3 Å². The summed E-state index contributed by atoms with van der Waals surface area (Å²) in [5, 5.41) is 17.3. The zero-order valence-corrected chi connectivity index (χ0v) is 20.0. The summed E-state index contributed by atoms with van der Waals surface area (Å²) < 4.78 is 18.4. The van der Waals surface area contributed by atoms with Gasteiger partial charge >= 0.3 is 0 Å². The molecule has 5 rings (SSSR count). The number of rotatable bonds is 8. The molecule has 4 aromatic rings. The molecule has 1 atom stereocenters. The van der Waals surface area contributed by atoms with E-state index in [0.29, 0.717) is 45.9 Å². The Kier molecular flexibility index (Phi) is 6.12. The van der Waals surface area contributed by atoms with E-state index in [1.54, 1.807) is 39.0 Å². The number of nitrogens with zero attached hydrogens (tertiary/aromatic N) is 5. The van der Waals surface area contributed by atoms with Gasteiger partial charge in [-0.3, -0.25) is 4.57 Å². The highest BCUT2D eigenvalue weighted by molar-refractivity contribution is 7.08. The van der Waals surface area contributed by atoms with Crippen molar-refractivity contribution in [3.63, 3.8) is 0 Å². The maximum atomic E-state index is 9.88. The van der Waals surface area contributed by atoms with Gasteiger partial charge in [-0.1, -0.05) is 0 Å². The molecule has 2 N–H and O–H groups in total. The van der Waals surface area contributed by atoms with E-state index in [9.17, 15) is 5.11 Å². The Morgan fingerprint density at radius 2 is 1.94 bits per heavy atom. The minimum Gasteiger partial charge on any atom is -0.493 e. The fourth-order valence-electron chi connectivity index (χ4n) is 4.27. The van der Waals surface area contributed by atoms with E-state index in [0.717, 1.165) is 25.1 Å². The molecule has 1 aromatic carbocycles. The predicted octanol–water partition coefficient (Wildman–Crippen LogP) is 3.61. The normalized spacial score (nSPS) is 15.6. The lowest BCUT2D eigenvalue weighted by Gasteiger charge is -2.23. The van der Waals surface area contributed by atoms with Gasteiger partial charge in [0.1, 0.15) is 6.33 Å². The molecule has 1 saturated heterocycles. The van der Waals surface area contributed by atoms with Crippen molar-refractivity contribution in [2.45, 2.75) is 18.9 Å². The number of fused-ring (bicyclic) bond motifs is 1. The Balaban J connectivity index is 1.64. The maximum Gasteiger partial charge on any atom is 0.229 e. The van der Waals surface area contributed by atoms with Crippen molar-refractivity contribution in [2.24, 2.45) is 0 Å². The Morgan fingerprint density at radius 3 is 2.59 bits per heavy atom. The maximum absolute atomic E-state index is 9.88. The van der Waals surface area contributed by atoms with E-state index >= 15 is 0 Å². The number of imidazole rings is 1. The first kappa shape index (κ1) is 22.2. The number of aliphatic hydroxyl groups excluding tert-OH is 1. The van der Waals surface area contributed by atoms with Crippen molar-refractivity contribution in [1.82, 2.24) is 19.5 Å². The van der Waals surface area contributed by atoms with Crippen LogP contribution < -0.4 is 24.4 Å². The SMILES string of the molecule is COc1cc(Nc2nc(N3CCCC3CO)nc3c2ncn3-c2ccsc2)cc(OC)c1OC.